The molecule has 120 valence electrons. The molecular weight excluding hydrogens is 299 g/mol. The molecule has 1 fully saturated rings. The van der Waals surface area contributed by atoms with Crippen molar-refractivity contribution in [2.75, 3.05) is 6.61 Å². The molecule has 1 rings (SSSR count). The Hall–Kier alpha value is -0.130. The third kappa shape index (κ3) is 3.95. The van der Waals surface area contributed by atoms with Crippen LogP contribution in [0.15, 0.2) is 0 Å². The molecule has 0 unspecified atom stereocenters. The van der Waals surface area contributed by atoms with Crippen LogP contribution in [0, 0.1) is 0 Å². The van der Waals surface area contributed by atoms with Gasteiger partial charge in [-0.1, -0.05) is 6.92 Å². The summed E-state index contributed by atoms with van der Waals surface area (Å²) in [6.45, 7) is 0.540. The van der Waals surface area contributed by atoms with Gasteiger partial charge in [-0.05, 0) is 0 Å². The number of phosphoric acid groups is 1. The van der Waals surface area contributed by atoms with Crippen LogP contribution >= 0.6 is 7.82 Å². The molecule has 1 heterocycles. The molecule has 0 spiro atoms. The number of ether oxygens (including phenoxy) is 1. The average Bonchev–Trinajstić information content (AvgIpc) is 2.37. The van der Waals surface area contributed by atoms with Crippen molar-refractivity contribution in [3.63, 3.8) is 0 Å². The molecule has 1 aliphatic heterocycles. The summed E-state index contributed by atoms with van der Waals surface area (Å²) in [7, 11) is -4.83. The van der Waals surface area contributed by atoms with E-state index in [1.807, 2.05) is 0 Å². The van der Waals surface area contributed by atoms with Gasteiger partial charge in [-0.2, -0.15) is 0 Å². The van der Waals surface area contributed by atoms with Gasteiger partial charge in [0.2, 0.25) is 0 Å². The Kier molecular flexibility index (Phi) is 5.67. The van der Waals surface area contributed by atoms with Gasteiger partial charge < -0.3 is 40.1 Å². The lowest BCUT2D eigenvalue weighted by molar-refractivity contribution is -0.358. The second-order valence-electron chi connectivity index (χ2n) is 4.56. The Bertz CT molecular complexity index is 372. The van der Waals surface area contributed by atoms with Crippen molar-refractivity contribution in [1.82, 2.24) is 0 Å². The van der Waals surface area contributed by atoms with Crippen LogP contribution in [0.3, 0.4) is 0 Å². The molecule has 0 aromatic rings. The van der Waals surface area contributed by atoms with Crippen molar-refractivity contribution >= 4 is 7.82 Å². The number of aliphatic hydroxyl groups is 5. The summed E-state index contributed by atoms with van der Waals surface area (Å²) in [4.78, 5) is 17.0. The molecule has 0 radical (unpaired) electrons. The van der Waals surface area contributed by atoms with Crippen molar-refractivity contribution in [3.05, 3.63) is 0 Å². The molecule has 1 saturated heterocycles. The van der Waals surface area contributed by atoms with E-state index in [0.717, 1.165) is 0 Å². The van der Waals surface area contributed by atoms with E-state index < -0.39 is 50.7 Å². The monoisotopic (exact) mass is 318 g/mol. The maximum absolute atomic E-state index is 10.5. The molecule has 0 saturated carbocycles. The second-order valence-corrected chi connectivity index (χ2v) is 5.80. The molecule has 7 N–H and O–H groups in total. The molecule has 10 nitrogen and oxygen atoms in total. The van der Waals surface area contributed by atoms with Gasteiger partial charge in [-0.25, -0.2) is 4.57 Å². The zero-order valence-corrected chi connectivity index (χ0v) is 11.5. The quantitative estimate of drug-likeness (QED) is 0.259. The highest BCUT2D eigenvalue weighted by molar-refractivity contribution is 7.46. The van der Waals surface area contributed by atoms with Crippen molar-refractivity contribution in [2.24, 2.45) is 0 Å². The van der Waals surface area contributed by atoms with E-state index in [-0.39, 0.29) is 6.42 Å². The van der Waals surface area contributed by atoms with E-state index in [0.29, 0.717) is 0 Å². The fourth-order valence-corrected chi connectivity index (χ4v) is 2.24. The standard InChI is InChI=1S/C9H19O10P/c1-2-9(14)8(13)6(12)5(11)7(19-9)4(10)3-18-20(15,16)17/h4-8,10-14H,2-3H2,1H3,(H2,15,16,17)/t4-,5+,6+,7-,8+,9-/m1/s1. The van der Waals surface area contributed by atoms with Crippen LogP contribution in [-0.2, 0) is 13.8 Å². The normalized spacial score (nSPS) is 40.6. The van der Waals surface area contributed by atoms with E-state index >= 15 is 0 Å². The van der Waals surface area contributed by atoms with Crippen LogP contribution < -0.4 is 0 Å². The van der Waals surface area contributed by atoms with Gasteiger partial charge in [0.05, 0.1) is 6.61 Å². The fraction of sp³-hybridized carbons (Fsp3) is 1.00. The Morgan fingerprint density at radius 2 is 1.85 bits per heavy atom. The average molecular weight is 318 g/mol. The number of rotatable bonds is 5. The minimum absolute atomic E-state index is 0.152. The molecule has 0 aliphatic carbocycles. The first kappa shape index (κ1) is 17.9. The first-order chi connectivity index (χ1) is 9.02. The second kappa shape index (κ2) is 6.32. The van der Waals surface area contributed by atoms with Crippen LogP contribution in [0.5, 0.6) is 0 Å². The largest absolute Gasteiger partial charge is 0.469 e. The third-order valence-corrected chi connectivity index (χ3v) is 3.60. The molecule has 1 aliphatic rings. The highest BCUT2D eigenvalue weighted by atomic mass is 31.2. The fourth-order valence-electron chi connectivity index (χ4n) is 1.89. The zero-order valence-electron chi connectivity index (χ0n) is 10.6. The minimum Gasteiger partial charge on any atom is -0.388 e. The van der Waals surface area contributed by atoms with Crippen molar-refractivity contribution in [3.8, 4) is 0 Å². The van der Waals surface area contributed by atoms with Crippen molar-refractivity contribution < 1.29 is 49.1 Å². The first-order valence-electron chi connectivity index (χ1n) is 5.84. The Morgan fingerprint density at radius 1 is 1.30 bits per heavy atom. The summed E-state index contributed by atoms with van der Waals surface area (Å²) in [6, 6.07) is 0. The maximum atomic E-state index is 10.5. The SMILES string of the molecule is CC[C@@]1(O)O[C@H]([C@H](O)COP(=O)(O)O)[C@@H](O)[C@H](O)[C@@H]1O. The maximum Gasteiger partial charge on any atom is 0.469 e. The number of hydrogen-bond acceptors (Lipinski definition) is 8. The van der Waals surface area contributed by atoms with Gasteiger partial charge in [0.15, 0.2) is 5.79 Å². The van der Waals surface area contributed by atoms with Gasteiger partial charge >= 0.3 is 7.82 Å². The first-order valence-corrected chi connectivity index (χ1v) is 7.37. The van der Waals surface area contributed by atoms with Crippen LogP contribution in [0.4, 0.5) is 0 Å². The minimum atomic E-state index is -4.83. The molecule has 0 bridgehead atoms. The van der Waals surface area contributed by atoms with Crippen molar-refractivity contribution in [1.29, 1.82) is 0 Å². The highest BCUT2D eigenvalue weighted by Crippen LogP contribution is 2.37. The molecule has 20 heavy (non-hydrogen) atoms. The summed E-state index contributed by atoms with van der Waals surface area (Å²) in [5.74, 6) is -2.20. The predicted octanol–water partition coefficient (Wildman–Crippen LogP) is -2.96. The molecule has 0 amide bonds. The Morgan fingerprint density at radius 3 is 2.30 bits per heavy atom. The smallest absolute Gasteiger partial charge is 0.388 e. The number of hydrogen-bond donors (Lipinski definition) is 7. The summed E-state index contributed by atoms with van der Waals surface area (Å²) in [6.07, 6.45) is -8.85. The Labute approximate surface area is 114 Å². The number of phosphoric ester groups is 1. The van der Waals surface area contributed by atoms with E-state index in [1.165, 1.54) is 6.92 Å². The lowest BCUT2D eigenvalue weighted by Gasteiger charge is -2.46. The molecule has 0 aromatic heterocycles. The van der Waals surface area contributed by atoms with Gasteiger partial charge in [0.1, 0.15) is 30.5 Å². The predicted molar refractivity (Wildman–Crippen MR) is 62.1 cm³/mol. The molecule has 11 heteroatoms. The summed E-state index contributed by atoms with van der Waals surface area (Å²) in [5, 5.41) is 48.5. The van der Waals surface area contributed by atoms with Gasteiger partial charge in [0, 0.05) is 6.42 Å². The van der Waals surface area contributed by atoms with E-state index in [4.69, 9.17) is 14.5 Å². The van der Waals surface area contributed by atoms with Gasteiger partial charge in [0.25, 0.3) is 0 Å². The zero-order chi connectivity index (χ0) is 15.7. The van der Waals surface area contributed by atoms with Crippen LogP contribution in [0.2, 0.25) is 0 Å². The molecule has 0 aromatic carbocycles. The van der Waals surface area contributed by atoms with Crippen LogP contribution in [-0.4, -0.2) is 78.2 Å². The van der Waals surface area contributed by atoms with E-state index in [1.54, 1.807) is 0 Å². The summed E-state index contributed by atoms with van der Waals surface area (Å²) < 4.78 is 19.5. The summed E-state index contributed by atoms with van der Waals surface area (Å²) in [5.41, 5.74) is 0. The topological polar surface area (TPSA) is 177 Å². The highest BCUT2D eigenvalue weighted by Gasteiger charge is 2.53. The number of aliphatic hydroxyl groups excluding tert-OH is 4. The molecular formula is C9H19O10P. The summed E-state index contributed by atoms with van der Waals surface area (Å²) >= 11 is 0. The van der Waals surface area contributed by atoms with Crippen LogP contribution in [0.25, 0.3) is 0 Å². The van der Waals surface area contributed by atoms with Gasteiger partial charge in [-0.15, -0.1) is 0 Å². The van der Waals surface area contributed by atoms with Crippen molar-refractivity contribution in [2.45, 2.75) is 49.7 Å². The lowest BCUT2D eigenvalue weighted by Crippen LogP contribution is -2.66. The van der Waals surface area contributed by atoms with Gasteiger partial charge in [-0.3, -0.25) is 4.52 Å². The third-order valence-electron chi connectivity index (χ3n) is 3.11. The van der Waals surface area contributed by atoms with E-state index in [9.17, 15) is 30.1 Å². The molecule has 6 atom stereocenters. The van der Waals surface area contributed by atoms with E-state index in [2.05, 4.69) is 4.52 Å². The van der Waals surface area contributed by atoms with Crippen LogP contribution in [0.1, 0.15) is 13.3 Å². The Balaban J connectivity index is 2.80. The lowest BCUT2D eigenvalue weighted by atomic mass is 9.89.